The van der Waals surface area contributed by atoms with Crippen LogP contribution < -0.4 is 11.1 Å². The summed E-state index contributed by atoms with van der Waals surface area (Å²) < 4.78 is 5.73. The zero-order valence-corrected chi connectivity index (χ0v) is 13.6. The van der Waals surface area contributed by atoms with Gasteiger partial charge in [-0.1, -0.05) is 32.0 Å². The highest BCUT2D eigenvalue weighted by Crippen LogP contribution is 2.28. The Bertz CT molecular complexity index is 623. The average molecular weight is 306 g/mol. The number of hydrogen-bond donors (Lipinski definition) is 4. The molecule has 0 bridgehead atoms. The molecule has 0 saturated carbocycles. The number of benzene rings is 1. The standard InChI is InChI=1S/C17H26N2O3/c1-9(2)19-11(4)15(20)14(18)16(21)13-8-12-7-5-6-10(3)17(12)22-13/h5-9,11,14-16,19-21H,18H2,1-4H3. The first-order valence-corrected chi connectivity index (χ1v) is 7.68. The molecular weight excluding hydrogens is 280 g/mol. The number of fused-ring (bicyclic) bond motifs is 1. The van der Waals surface area contributed by atoms with E-state index >= 15 is 0 Å². The van der Waals surface area contributed by atoms with E-state index in [4.69, 9.17) is 10.2 Å². The van der Waals surface area contributed by atoms with Crippen LogP contribution in [0.5, 0.6) is 0 Å². The van der Waals surface area contributed by atoms with Crippen LogP contribution in [0.2, 0.25) is 0 Å². The van der Waals surface area contributed by atoms with Crippen molar-refractivity contribution in [3.8, 4) is 0 Å². The van der Waals surface area contributed by atoms with Gasteiger partial charge in [-0.2, -0.15) is 0 Å². The van der Waals surface area contributed by atoms with Gasteiger partial charge in [-0.3, -0.25) is 0 Å². The quantitative estimate of drug-likeness (QED) is 0.654. The summed E-state index contributed by atoms with van der Waals surface area (Å²) in [7, 11) is 0. The average Bonchev–Trinajstić information content (AvgIpc) is 2.89. The maximum Gasteiger partial charge on any atom is 0.137 e. The predicted molar refractivity (Wildman–Crippen MR) is 87.6 cm³/mol. The molecule has 0 spiro atoms. The second-order valence-corrected chi connectivity index (χ2v) is 6.26. The fourth-order valence-corrected chi connectivity index (χ4v) is 2.71. The Hall–Kier alpha value is -1.40. The summed E-state index contributed by atoms with van der Waals surface area (Å²) >= 11 is 0. The first-order valence-electron chi connectivity index (χ1n) is 7.68. The van der Waals surface area contributed by atoms with Gasteiger partial charge in [0, 0.05) is 17.5 Å². The zero-order valence-electron chi connectivity index (χ0n) is 13.6. The van der Waals surface area contributed by atoms with E-state index in [-0.39, 0.29) is 12.1 Å². The summed E-state index contributed by atoms with van der Waals surface area (Å²) in [5, 5.41) is 24.8. The molecule has 5 nitrogen and oxygen atoms in total. The van der Waals surface area contributed by atoms with Crippen molar-refractivity contribution < 1.29 is 14.6 Å². The van der Waals surface area contributed by atoms with Crippen LogP contribution >= 0.6 is 0 Å². The van der Waals surface area contributed by atoms with Crippen molar-refractivity contribution in [2.75, 3.05) is 0 Å². The van der Waals surface area contributed by atoms with Crippen LogP contribution in [0.15, 0.2) is 28.7 Å². The van der Waals surface area contributed by atoms with Gasteiger partial charge in [-0.15, -0.1) is 0 Å². The fourth-order valence-electron chi connectivity index (χ4n) is 2.71. The Kier molecular flexibility index (Phi) is 5.24. The first-order chi connectivity index (χ1) is 10.3. The van der Waals surface area contributed by atoms with Crippen LogP contribution in [0.25, 0.3) is 11.0 Å². The number of hydrogen-bond acceptors (Lipinski definition) is 5. The minimum Gasteiger partial charge on any atom is -0.458 e. The molecule has 122 valence electrons. The van der Waals surface area contributed by atoms with Crippen molar-refractivity contribution >= 4 is 11.0 Å². The third kappa shape index (κ3) is 3.50. The van der Waals surface area contributed by atoms with E-state index in [2.05, 4.69) is 5.32 Å². The number of aliphatic hydroxyl groups excluding tert-OH is 2. The van der Waals surface area contributed by atoms with E-state index in [1.807, 2.05) is 45.9 Å². The lowest BCUT2D eigenvalue weighted by Gasteiger charge is -2.29. The molecular formula is C17H26N2O3. The number of nitrogens with one attached hydrogen (secondary N) is 1. The molecule has 4 unspecified atom stereocenters. The van der Waals surface area contributed by atoms with Gasteiger partial charge >= 0.3 is 0 Å². The number of nitrogens with two attached hydrogens (primary N) is 1. The molecule has 4 atom stereocenters. The predicted octanol–water partition coefficient (Wildman–Crippen LogP) is 1.85. The Morgan fingerprint density at radius 1 is 1.18 bits per heavy atom. The molecule has 0 saturated heterocycles. The summed E-state index contributed by atoms with van der Waals surface area (Å²) in [6.07, 6.45) is -1.94. The van der Waals surface area contributed by atoms with Gasteiger partial charge in [-0.25, -0.2) is 0 Å². The van der Waals surface area contributed by atoms with Gasteiger partial charge in [0.1, 0.15) is 17.4 Å². The van der Waals surface area contributed by atoms with E-state index in [9.17, 15) is 10.2 Å². The molecule has 5 heteroatoms. The van der Waals surface area contributed by atoms with Crippen LogP contribution in [-0.2, 0) is 0 Å². The molecule has 1 aromatic heterocycles. The Morgan fingerprint density at radius 3 is 2.45 bits per heavy atom. The molecule has 0 radical (unpaired) electrons. The third-order valence-corrected chi connectivity index (χ3v) is 3.92. The summed E-state index contributed by atoms with van der Waals surface area (Å²) in [6, 6.07) is 6.76. The molecule has 1 heterocycles. The van der Waals surface area contributed by atoms with Crippen LogP contribution in [0, 0.1) is 6.92 Å². The van der Waals surface area contributed by atoms with E-state index in [1.165, 1.54) is 0 Å². The summed E-state index contributed by atoms with van der Waals surface area (Å²) in [5.41, 5.74) is 7.77. The normalized spacial score (nSPS) is 17.6. The minimum absolute atomic E-state index is 0.225. The number of furan rings is 1. The fraction of sp³-hybridized carbons (Fsp3) is 0.529. The van der Waals surface area contributed by atoms with Crippen molar-refractivity contribution in [1.29, 1.82) is 0 Å². The highest BCUT2D eigenvalue weighted by atomic mass is 16.4. The molecule has 0 aliphatic carbocycles. The van der Waals surface area contributed by atoms with Gasteiger partial charge in [0.15, 0.2) is 0 Å². The van der Waals surface area contributed by atoms with Crippen molar-refractivity contribution in [2.24, 2.45) is 5.73 Å². The van der Waals surface area contributed by atoms with Crippen LogP contribution in [0.3, 0.4) is 0 Å². The second-order valence-electron chi connectivity index (χ2n) is 6.26. The molecule has 5 N–H and O–H groups in total. The van der Waals surface area contributed by atoms with E-state index in [0.29, 0.717) is 5.76 Å². The van der Waals surface area contributed by atoms with Crippen molar-refractivity contribution in [1.82, 2.24) is 5.32 Å². The molecule has 0 aliphatic rings. The van der Waals surface area contributed by atoms with E-state index in [0.717, 1.165) is 16.5 Å². The van der Waals surface area contributed by atoms with Gasteiger partial charge in [0.05, 0.1) is 12.1 Å². The van der Waals surface area contributed by atoms with Crippen LogP contribution in [0.1, 0.15) is 38.2 Å². The molecule has 22 heavy (non-hydrogen) atoms. The first kappa shape index (κ1) is 17.0. The lowest BCUT2D eigenvalue weighted by atomic mass is 9.98. The summed E-state index contributed by atoms with van der Waals surface area (Å²) in [4.78, 5) is 0. The Balaban J connectivity index is 2.18. The van der Waals surface area contributed by atoms with Crippen LogP contribution in [0.4, 0.5) is 0 Å². The summed E-state index contributed by atoms with van der Waals surface area (Å²) in [5.74, 6) is 0.382. The van der Waals surface area contributed by atoms with Gasteiger partial charge in [0.25, 0.3) is 0 Å². The topological polar surface area (TPSA) is 91.7 Å². The zero-order chi connectivity index (χ0) is 16.4. The molecule has 1 aromatic carbocycles. The van der Waals surface area contributed by atoms with E-state index < -0.39 is 18.2 Å². The van der Waals surface area contributed by atoms with Crippen molar-refractivity contribution in [3.63, 3.8) is 0 Å². The molecule has 0 amide bonds. The molecule has 2 aromatic rings. The highest BCUT2D eigenvalue weighted by Gasteiger charge is 2.30. The van der Waals surface area contributed by atoms with Crippen molar-refractivity contribution in [2.45, 2.75) is 58.0 Å². The molecule has 2 rings (SSSR count). The summed E-state index contributed by atoms with van der Waals surface area (Å²) in [6.45, 7) is 7.78. The third-order valence-electron chi connectivity index (χ3n) is 3.92. The second kappa shape index (κ2) is 6.79. The number of para-hydroxylation sites is 1. The number of aryl methyl sites for hydroxylation is 1. The van der Waals surface area contributed by atoms with E-state index in [1.54, 1.807) is 6.07 Å². The molecule has 0 fully saturated rings. The number of rotatable bonds is 6. The largest absolute Gasteiger partial charge is 0.458 e. The maximum absolute atomic E-state index is 10.4. The SMILES string of the molecule is Cc1cccc2cc(C(O)C(N)C(O)C(C)NC(C)C)oc12. The lowest BCUT2D eigenvalue weighted by molar-refractivity contribution is 0.0259. The Labute approximate surface area is 131 Å². The van der Waals surface area contributed by atoms with Gasteiger partial charge < -0.3 is 25.7 Å². The Morgan fingerprint density at radius 2 is 1.86 bits per heavy atom. The van der Waals surface area contributed by atoms with Gasteiger partial charge in [-0.05, 0) is 25.5 Å². The van der Waals surface area contributed by atoms with Gasteiger partial charge in [0.2, 0.25) is 0 Å². The minimum atomic E-state index is -1.06. The number of aliphatic hydroxyl groups is 2. The lowest BCUT2D eigenvalue weighted by Crippen LogP contribution is -2.52. The monoisotopic (exact) mass is 306 g/mol. The van der Waals surface area contributed by atoms with Crippen LogP contribution in [-0.4, -0.2) is 34.4 Å². The molecule has 0 aliphatic heterocycles. The smallest absolute Gasteiger partial charge is 0.137 e. The van der Waals surface area contributed by atoms with Crippen molar-refractivity contribution in [3.05, 3.63) is 35.6 Å². The highest BCUT2D eigenvalue weighted by molar-refractivity contribution is 5.80. The maximum atomic E-state index is 10.4.